The minimum Gasteiger partial charge on any atom is -0.481 e. The summed E-state index contributed by atoms with van der Waals surface area (Å²) in [6.45, 7) is 21.6. The molecule has 16 N–H and O–H groups in total. The number of carbonyl (C=O) groups is 8. The summed E-state index contributed by atoms with van der Waals surface area (Å²) in [5, 5.41) is 165. The minimum atomic E-state index is -2.03. The second-order valence-corrected chi connectivity index (χ2v) is 38.6. The van der Waals surface area contributed by atoms with Gasteiger partial charge in [0.05, 0.1) is 23.0 Å². The fourth-order valence-corrected chi connectivity index (χ4v) is 24.8. The van der Waals surface area contributed by atoms with Crippen LogP contribution in [-0.4, -0.2) is 264 Å². The van der Waals surface area contributed by atoms with Gasteiger partial charge in [-0.05, 0) is 221 Å². The van der Waals surface area contributed by atoms with E-state index in [9.17, 15) is 120 Å². The average Bonchev–Trinajstić information content (AvgIpc) is 0.681. The maximum atomic E-state index is 14.6. The normalized spacial score (nSPS) is 52.6. The van der Waals surface area contributed by atoms with Crippen molar-refractivity contribution in [1.29, 1.82) is 0 Å². The number of hydrogen-bond donors (Lipinski definition) is 16. The predicted molar refractivity (Wildman–Crippen MR) is 381 cm³/mol. The van der Waals surface area contributed by atoms with Crippen LogP contribution in [0.1, 0.15) is 198 Å². The summed E-state index contributed by atoms with van der Waals surface area (Å²) in [4.78, 5) is 102. The number of aliphatic hydroxyl groups is 10. The van der Waals surface area contributed by atoms with E-state index < -0.39 is 203 Å². The summed E-state index contributed by atoms with van der Waals surface area (Å²) >= 11 is 0. The Kier molecular flexibility index (Phi) is 23.8. The summed E-state index contributed by atoms with van der Waals surface area (Å²) in [5.41, 5.74) is -1.94. The molecule has 14 aliphatic rings. The zero-order chi connectivity index (χ0) is 82.2. The van der Waals surface area contributed by atoms with Gasteiger partial charge >= 0.3 is 35.8 Å². The molecule has 0 aromatic rings. The van der Waals surface area contributed by atoms with Gasteiger partial charge in [-0.15, -0.1) is 0 Å². The van der Waals surface area contributed by atoms with Crippen molar-refractivity contribution in [2.24, 2.45) is 89.7 Å². The van der Waals surface area contributed by atoms with Crippen LogP contribution in [0.3, 0.4) is 0 Å². The minimum absolute atomic E-state index is 0. The number of aliphatic carboxylic acids is 6. The zero-order valence-corrected chi connectivity index (χ0v) is 66.4. The molecule has 4 aliphatic heterocycles. The number of carboxylic acids is 6. The summed E-state index contributed by atoms with van der Waals surface area (Å²) < 4.78 is 45.9. The van der Waals surface area contributed by atoms with Gasteiger partial charge in [-0.3, -0.25) is 19.2 Å². The van der Waals surface area contributed by atoms with Gasteiger partial charge in [-0.25, -0.2) is 19.2 Å². The van der Waals surface area contributed by atoms with E-state index in [4.69, 9.17) is 37.9 Å². The standard InChI is InChI=1S/2C40H58O16.Cu/c2*1-36-10-11-37(2,35(51)52)16-20(36)19-15-21(41)30-38(3)8-7-18(14-17(38)6-9-40(30,5)39(19,4)13-12-36)53-34-29(25(45)24(44)28(55-34)32(49)50)56-33-26(46)22(42)23(43)27(54-33)31(47)48;/h2*15,17-18,20,22-30,33-34,42-46H,6-14,16H2,1-5H3,(H,47,48)(H,49,50)(H,51,52);. The van der Waals surface area contributed by atoms with E-state index in [1.807, 2.05) is 26.0 Å². The number of rotatable bonds is 14. The third-order valence-corrected chi connectivity index (χ3v) is 32.7. The average molecular weight is 1650 g/mol. The maximum Gasteiger partial charge on any atom is 0.335 e. The SMILES string of the molecule is CC1(C(=O)O)CCC2(C)CCC3(C)C(=CC(=O)C4C5(C)CCC(OC6OC(C(=O)O)C(O)C(O)C6OC6OC(C(=O)O)C(O)C(O)C6O)CC5CCC43C)C2C1.CC1(C(=O)O)CCC2(C)CCC3(C)C(=CC(=O)C4C5(C)CCC(OC6OC(C(=O)O)C(O)C(O)C6OC6OC(C(=O)O)C(O)C(O)C6O)CC5CCC43C)C2C1.[Cu]. The number of hydrogen-bond acceptors (Lipinski definition) is 26. The number of aliphatic hydroxyl groups excluding tert-OH is 10. The van der Waals surface area contributed by atoms with Crippen molar-refractivity contribution in [2.45, 2.75) is 333 Å². The van der Waals surface area contributed by atoms with Crippen LogP contribution in [-0.2, 0) is 93.3 Å². The first-order valence-corrected chi connectivity index (χ1v) is 40.0. The number of ether oxygens (including phenoxy) is 8. The maximum absolute atomic E-state index is 14.6. The Bertz CT molecular complexity index is 3550. The molecule has 1 radical (unpaired) electrons. The number of allylic oxidation sites excluding steroid dienone is 4. The fraction of sp³-hybridized carbons (Fsp3) is 0.850. The molecule has 0 aromatic carbocycles. The molecule has 12 fully saturated rings. The Labute approximate surface area is 665 Å². The molecule has 38 atom stereocenters. The van der Waals surface area contributed by atoms with Gasteiger partial charge in [-0.2, -0.15) is 0 Å². The van der Waals surface area contributed by atoms with Gasteiger partial charge in [0.25, 0.3) is 0 Å². The summed E-state index contributed by atoms with van der Waals surface area (Å²) in [6.07, 6.45) is -22.8. The van der Waals surface area contributed by atoms with Crippen LogP contribution in [0.4, 0.5) is 0 Å². The number of carboxylic acid groups (broad SMARTS) is 6. The van der Waals surface area contributed by atoms with Crippen molar-refractivity contribution in [3.05, 3.63) is 23.3 Å². The molecular formula is C80H116CuO32. The molecule has 8 saturated carbocycles. The molecule has 33 heteroatoms. The first kappa shape index (κ1) is 87.7. The van der Waals surface area contributed by atoms with E-state index in [0.29, 0.717) is 64.2 Å². The molecule has 0 aromatic heterocycles. The van der Waals surface area contributed by atoms with Crippen LogP contribution in [0.25, 0.3) is 0 Å². The van der Waals surface area contributed by atoms with Gasteiger partial charge in [0, 0.05) is 28.9 Å². The Morgan fingerprint density at radius 3 is 0.973 bits per heavy atom. The van der Waals surface area contributed by atoms with E-state index in [1.54, 1.807) is 0 Å². The molecule has 10 aliphatic carbocycles. The Morgan fingerprint density at radius 2 is 0.664 bits per heavy atom. The van der Waals surface area contributed by atoms with Gasteiger partial charge < -0.3 is 120 Å². The van der Waals surface area contributed by atoms with Crippen LogP contribution >= 0.6 is 0 Å². The van der Waals surface area contributed by atoms with E-state index in [-0.39, 0.29) is 85.8 Å². The van der Waals surface area contributed by atoms with E-state index in [0.717, 1.165) is 75.4 Å². The summed E-state index contributed by atoms with van der Waals surface area (Å²) in [7, 11) is 0. The van der Waals surface area contributed by atoms with Crippen LogP contribution in [0, 0.1) is 89.7 Å². The predicted octanol–water partition coefficient (Wildman–Crippen LogP) is 3.22. The van der Waals surface area contributed by atoms with E-state index in [1.165, 1.54) is 0 Å². The molecule has 0 amide bonds. The number of fused-ring (bicyclic) bond motifs is 14. The van der Waals surface area contributed by atoms with Crippen molar-refractivity contribution in [2.75, 3.05) is 0 Å². The van der Waals surface area contributed by atoms with Gasteiger partial charge in [0.2, 0.25) is 0 Å². The first-order chi connectivity index (χ1) is 52.0. The van der Waals surface area contributed by atoms with Crippen molar-refractivity contribution >= 4 is 47.4 Å². The van der Waals surface area contributed by atoms with Gasteiger partial charge in [0.15, 0.2) is 61.1 Å². The zero-order valence-electron chi connectivity index (χ0n) is 65.5. The van der Waals surface area contributed by atoms with Crippen LogP contribution in [0.15, 0.2) is 23.3 Å². The van der Waals surface area contributed by atoms with E-state index in [2.05, 4.69) is 55.4 Å². The Balaban J connectivity index is 0.000000208. The molecule has 4 heterocycles. The summed E-state index contributed by atoms with van der Waals surface area (Å²) in [5.74, 6) is -8.63. The Hall–Kier alpha value is -4.56. The first-order valence-electron chi connectivity index (χ1n) is 40.0. The van der Waals surface area contributed by atoms with Crippen LogP contribution < -0.4 is 0 Å². The van der Waals surface area contributed by atoms with Gasteiger partial charge in [-0.1, -0.05) is 66.5 Å². The fourth-order valence-electron chi connectivity index (χ4n) is 24.8. The molecule has 4 saturated heterocycles. The third kappa shape index (κ3) is 14.1. The molecular weight excluding hydrogens is 1540 g/mol. The van der Waals surface area contributed by atoms with Crippen molar-refractivity contribution < 1.29 is 175 Å². The second kappa shape index (κ2) is 30.6. The molecule has 0 bridgehead atoms. The monoisotopic (exact) mass is 1650 g/mol. The van der Waals surface area contributed by atoms with Crippen LogP contribution in [0.5, 0.6) is 0 Å². The molecule has 38 unspecified atom stereocenters. The Morgan fingerprint density at radius 1 is 0.363 bits per heavy atom. The molecule has 0 spiro atoms. The van der Waals surface area contributed by atoms with Crippen molar-refractivity contribution in [3.8, 4) is 0 Å². The molecule has 113 heavy (non-hydrogen) atoms. The topological polar surface area (TPSA) is 534 Å². The van der Waals surface area contributed by atoms with E-state index >= 15 is 0 Å². The van der Waals surface area contributed by atoms with Crippen LogP contribution in [0.2, 0.25) is 0 Å². The third-order valence-electron chi connectivity index (χ3n) is 32.7. The summed E-state index contributed by atoms with van der Waals surface area (Å²) in [6, 6.07) is 0. The van der Waals surface area contributed by atoms with Gasteiger partial charge in [0.1, 0.15) is 73.2 Å². The van der Waals surface area contributed by atoms with Crippen molar-refractivity contribution in [3.63, 3.8) is 0 Å². The molecule has 14 rings (SSSR count). The largest absolute Gasteiger partial charge is 0.481 e. The number of carbonyl (C=O) groups excluding carboxylic acids is 2. The smallest absolute Gasteiger partial charge is 0.335 e. The molecule has 639 valence electrons. The van der Waals surface area contributed by atoms with Crippen molar-refractivity contribution in [1.82, 2.24) is 0 Å². The quantitative estimate of drug-likeness (QED) is 0.0877. The molecule has 32 nitrogen and oxygen atoms in total. The number of ketones is 2. The second-order valence-electron chi connectivity index (χ2n) is 38.6.